The second kappa shape index (κ2) is 7.58. The summed E-state index contributed by atoms with van der Waals surface area (Å²) in [6, 6.07) is 11.3. The van der Waals surface area contributed by atoms with E-state index < -0.39 is 23.5 Å². The molecule has 0 radical (unpaired) electrons. The van der Waals surface area contributed by atoms with Crippen LogP contribution in [0.2, 0.25) is 5.02 Å². The van der Waals surface area contributed by atoms with Crippen molar-refractivity contribution in [2.45, 2.75) is 6.54 Å². The van der Waals surface area contributed by atoms with E-state index in [0.29, 0.717) is 28.5 Å². The first-order valence-electron chi connectivity index (χ1n) is 8.05. The lowest BCUT2D eigenvalue weighted by atomic mass is 10.1. The van der Waals surface area contributed by atoms with Crippen LogP contribution in [0.4, 0.5) is 0 Å². The van der Waals surface area contributed by atoms with Crippen LogP contribution < -0.4 is 0 Å². The molecule has 3 N–H and O–H groups in total. The van der Waals surface area contributed by atoms with Crippen molar-refractivity contribution in [3.63, 3.8) is 0 Å². The molecule has 1 heterocycles. The molecular formula is C20H14ClNO6. The third-order valence-corrected chi connectivity index (χ3v) is 4.39. The minimum atomic E-state index is -1.67. The van der Waals surface area contributed by atoms with Gasteiger partial charge in [0.05, 0.1) is 5.56 Å². The summed E-state index contributed by atoms with van der Waals surface area (Å²) in [7, 11) is 0. The van der Waals surface area contributed by atoms with Gasteiger partial charge in [-0.05, 0) is 35.9 Å². The van der Waals surface area contributed by atoms with Gasteiger partial charge in [-0.15, -0.1) is 0 Å². The SMILES string of the molecule is O=C(O)C(=O)/C=C(/O)c1cn(Cc2ccc(C(=O)O)cc2)c2ccc(Cl)cc12. The monoisotopic (exact) mass is 399 g/mol. The van der Waals surface area contributed by atoms with Crippen LogP contribution in [0.15, 0.2) is 54.7 Å². The topological polar surface area (TPSA) is 117 Å². The van der Waals surface area contributed by atoms with Crippen LogP contribution >= 0.6 is 11.6 Å². The number of nitrogens with zero attached hydrogens (tertiary/aromatic N) is 1. The van der Waals surface area contributed by atoms with Crippen LogP contribution in [-0.2, 0) is 16.1 Å². The number of carbonyl (C=O) groups excluding carboxylic acids is 1. The molecule has 0 atom stereocenters. The fourth-order valence-electron chi connectivity index (χ4n) is 2.82. The Bertz CT molecular complexity index is 1130. The van der Waals surface area contributed by atoms with E-state index >= 15 is 0 Å². The molecule has 7 nitrogen and oxygen atoms in total. The average molecular weight is 400 g/mol. The second-order valence-corrected chi connectivity index (χ2v) is 6.47. The lowest BCUT2D eigenvalue weighted by Gasteiger charge is -2.06. The number of aromatic carboxylic acids is 1. The molecule has 0 aliphatic heterocycles. The highest BCUT2D eigenvalue weighted by molar-refractivity contribution is 6.38. The Labute approximate surface area is 163 Å². The molecule has 0 bridgehead atoms. The number of aromatic nitrogens is 1. The predicted octanol–water partition coefficient (Wildman–Crippen LogP) is 3.59. The maximum Gasteiger partial charge on any atom is 0.376 e. The van der Waals surface area contributed by atoms with Crippen molar-refractivity contribution in [2.24, 2.45) is 0 Å². The first-order chi connectivity index (χ1) is 13.3. The Morgan fingerprint density at radius 3 is 2.29 bits per heavy atom. The fraction of sp³-hybridized carbons (Fsp3) is 0.0500. The largest absolute Gasteiger partial charge is 0.507 e. The molecule has 2 aromatic carbocycles. The van der Waals surface area contributed by atoms with E-state index in [1.54, 1.807) is 41.1 Å². The Morgan fingerprint density at radius 2 is 1.68 bits per heavy atom. The van der Waals surface area contributed by atoms with Gasteiger partial charge in [0.2, 0.25) is 0 Å². The highest BCUT2D eigenvalue weighted by atomic mass is 35.5. The lowest BCUT2D eigenvalue weighted by molar-refractivity contribution is -0.146. The summed E-state index contributed by atoms with van der Waals surface area (Å²) < 4.78 is 1.78. The number of aliphatic hydroxyl groups excluding tert-OH is 1. The number of ketones is 1. The number of benzene rings is 2. The minimum absolute atomic E-state index is 0.168. The fourth-order valence-corrected chi connectivity index (χ4v) is 2.99. The van der Waals surface area contributed by atoms with E-state index in [2.05, 4.69) is 0 Å². The molecule has 0 saturated heterocycles. The zero-order valence-corrected chi connectivity index (χ0v) is 15.1. The Hall–Kier alpha value is -3.58. The van der Waals surface area contributed by atoms with Crippen LogP contribution in [0.3, 0.4) is 0 Å². The van der Waals surface area contributed by atoms with E-state index in [0.717, 1.165) is 5.56 Å². The van der Waals surface area contributed by atoms with Gasteiger partial charge < -0.3 is 19.9 Å². The van der Waals surface area contributed by atoms with E-state index in [1.807, 2.05) is 0 Å². The van der Waals surface area contributed by atoms with Crippen LogP contribution in [0.5, 0.6) is 0 Å². The Kier molecular flexibility index (Phi) is 5.19. The zero-order valence-electron chi connectivity index (χ0n) is 14.3. The van der Waals surface area contributed by atoms with Gasteiger partial charge in [0.15, 0.2) is 0 Å². The number of aliphatic hydroxyl groups is 1. The number of carboxylic acid groups (broad SMARTS) is 2. The number of aliphatic carboxylic acids is 1. The molecule has 0 spiro atoms. The van der Waals surface area contributed by atoms with Crippen LogP contribution in [0, 0.1) is 0 Å². The molecule has 142 valence electrons. The summed E-state index contributed by atoms with van der Waals surface area (Å²) in [6.07, 6.45) is 2.22. The van der Waals surface area contributed by atoms with Crippen molar-refractivity contribution in [3.8, 4) is 0 Å². The normalized spacial score (nSPS) is 11.5. The molecule has 0 saturated carbocycles. The van der Waals surface area contributed by atoms with Crippen molar-refractivity contribution < 1.29 is 29.7 Å². The summed E-state index contributed by atoms with van der Waals surface area (Å²) in [6.45, 7) is 0.359. The molecule has 0 aliphatic rings. The highest BCUT2D eigenvalue weighted by Gasteiger charge is 2.16. The molecule has 0 fully saturated rings. The standard InChI is InChI=1S/C20H14ClNO6/c21-13-5-6-16-14(7-13)15(17(23)8-18(24)20(27)28)10-22(16)9-11-1-3-12(4-2-11)19(25)26/h1-8,10,23H,9H2,(H,25,26)(H,27,28)/b17-8+. The maximum absolute atomic E-state index is 11.4. The molecule has 0 amide bonds. The van der Waals surface area contributed by atoms with E-state index in [-0.39, 0.29) is 11.1 Å². The van der Waals surface area contributed by atoms with E-state index in [1.165, 1.54) is 12.1 Å². The second-order valence-electron chi connectivity index (χ2n) is 6.03. The number of hydrogen-bond donors (Lipinski definition) is 3. The maximum atomic E-state index is 11.4. The first-order valence-corrected chi connectivity index (χ1v) is 8.43. The quantitative estimate of drug-likeness (QED) is 0.331. The molecule has 0 unspecified atom stereocenters. The van der Waals surface area contributed by atoms with Crippen molar-refractivity contribution in [3.05, 3.63) is 76.5 Å². The number of fused-ring (bicyclic) bond motifs is 1. The lowest BCUT2D eigenvalue weighted by Crippen LogP contribution is -2.09. The van der Waals surface area contributed by atoms with Gasteiger partial charge in [0.25, 0.3) is 5.78 Å². The molecule has 8 heteroatoms. The summed E-state index contributed by atoms with van der Waals surface area (Å²) in [5.41, 5.74) is 1.94. The van der Waals surface area contributed by atoms with Gasteiger partial charge in [-0.25, -0.2) is 9.59 Å². The molecular weight excluding hydrogens is 386 g/mol. The first kappa shape index (κ1) is 19.2. The Balaban J connectivity index is 2.05. The van der Waals surface area contributed by atoms with Gasteiger partial charge in [-0.3, -0.25) is 4.79 Å². The molecule has 3 aromatic rings. The number of carboxylic acids is 2. The number of carbonyl (C=O) groups is 3. The van der Waals surface area contributed by atoms with Gasteiger partial charge in [-0.1, -0.05) is 23.7 Å². The zero-order chi connectivity index (χ0) is 20.4. The number of halogens is 1. The number of rotatable bonds is 6. The van der Waals surface area contributed by atoms with Crippen molar-refractivity contribution in [1.82, 2.24) is 4.57 Å². The van der Waals surface area contributed by atoms with Crippen molar-refractivity contribution in [1.29, 1.82) is 0 Å². The molecule has 0 aliphatic carbocycles. The summed E-state index contributed by atoms with van der Waals surface area (Å²) >= 11 is 6.04. The van der Waals surface area contributed by atoms with Crippen molar-refractivity contribution >= 4 is 46.0 Å². The average Bonchev–Trinajstić information content (AvgIpc) is 2.99. The van der Waals surface area contributed by atoms with Gasteiger partial charge >= 0.3 is 11.9 Å². The summed E-state index contributed by atoms with van der Waals surface area (Å²) in [5, 5.41) is 28.9. The highest BCUT2D eigenvalue weighted by Crippen LogP contribution is 2.29. The smallest absolute Gasteiger partial charge is 0.376 e. The molecule has 1 aromatic heterocycles. The van der Waals surface area contributed by atoms with Crippen LogP contribution in [0.1, 0.15) is 21.5 Å². The van der Waals surface area contributed by atoms with Gasteiger partial charge in [0.1, 0.15) is 5.76 Å². The number of hydrogen-bond acceptors (Lipinski definition) is 4. The summed E-state index contributed by atoms with van der Waals surface area (Å²) in [5.74, 6) is -4.43. The van der Waals surface area contributed by atoms with Crippen LogP contribution in [-0.4, -0.2) is 37.6 Å². The molecule has 3 rings (SSSR count). The minimum Gasteiger partial charge on any atom is -0.507 e. The van der Waals surface area contributed by atoms with Crippen molar-refractivity contribution in [2.75, 3.05) is 0 Å². The molecule has 28 heavy (non-hydrogen) atoms. The third-order valence-electron chi connectivity index (χ3n) is 4.15. The summed E-state index contributed by atoms with van der Waals surface area (Å²) in [4.78, 5) is 33.1. The van der Waals surface area contributed by atoms with Gasteiger partial charge in [0, 0.05) is 40.3 Å². The van der Waals surface area contributed by atoms with E-state index in [9.17, 15) is 19.5 Å². The predicted molar refractivity (Wildman–Crippen MR) is 103 cm³/mol. The van der Waals surface area contributed by atoms with Crippen LogP contribution in [0.25, 0.3) is 16.7 Å². The van der Waals surface area contributed by atoms with E-state index in [4.69, 9.17) is 21.8 Å². The Morgan fingerprint density at radius 1 is 1.00 bits per heavy atom. The van der Waals surface area contributed by atoms with Gasteiger partial charge in [-0.2, -0.15) is 0 Å². The third kappa shape index (κ3) is 3.89.